The van der Waals surface area contributed by atoms with E-state index in [0.717, 1.165) is 0 Å². The van der Waals surface area contributed by atoms with Crippen molar-refractivity contribution in [3.8, 4) is 0 Å². The summed E-state index contributed by atoms with van der Waals surface area (Å²) in [4.78, 5) is 13.2. The third kappa shape index (κ3) is 2.61. The van der Waals surface area contributed by atoms with Crippen LogP contribution in [0.15, 0.2) is 6.20 Å². The molecule has 3 rings (SSSR count). The van der Waals surface area contributed by atoms with Gasteiger partial charge in [-0.25, -0.2) is 18.7 Å². The summed E-state index contributed by atoms with van der Waals surface area (Å²) >= 11 is 11.4. The van der Waals surface area contributed by atoms with Gasteiger partial charge in [-0.05, 0) is 18.0 Å². The Kier molecular flexibility index (Phi) is 3.81. The van der Waals surface area contributed by atoms with Crippen LogP contribution in [-0.4, -0.2) is 45.4 Å². The van der Waals surface area contributed by atoms with E-state index in [2.05, 4.69) is 15.0 Å². The maximum Gasteiger partial charge on any atom is 0.225 e. The van der Waals surface area contributed by atoms with Gasteiger partial charge in [-0.1, -0.05) is 11.6 Å². The number of alkyl halides is 1. The SMILES string of the molecule is OC1CN(c2nc(Cl)nc3c(F)c(Cl)ncc23)CCC1F. The van der Waals surface area contributed by atoms with Gasteiger partial charge in [0.15, 0.2) is 11.0 Å². The maximum atomic E-state index is 14.0. The van der Waals surface area contributed by atoms with Gasteiger partial charge in [-0.15, -0.1) is 0 Å². The van der Waals surface area contributed by atoms with Crippen molar-refractivity contribution in [2.24, 2.45) is 0 Å². The number of piperidine rings is 1. The lowest BCUT2D eigenvalue weighted by Crippen LogP contribution is -2.45. The molecular weight excluding hydrogens is 325 g/mol. The van der Waals surface area contributed by atoms with Crippen molar-refractivity contribution < 1.29 is 13.9 Å². The predicted molar refractivity (Wildman–Crippen MR) is 75.0 cm³/mol. The average molecular weight is 335 g/mol. The number of rotatable bonds is 1. The Morgan fingerprint density at radius 1 is 1.33 bits per heavy atom. The van der Waals surface area contributed by atoms with Crippen LogP contribution in [-0.2, 0) is 0 Å². The molecule has 1 N–H and O–H groups in total. The lowest BCUT2D eigenvalue weighted by Gasteiger charge is -2.33. The number of pyridine rings is 1. The Labute approximate surface area is 128 Å². The van der Waals surface area contributed by atoms with Crippen molar-refractivity contribution in [3.05, 3.63) is 22.5 Å². The van der Waals surface area contributed by atoms with Crippen molar-refractivity contribution in [3.63, 3.8) is 0 Å². The Balaban J connectivity index is 2.12. The van der Waals surface area contributed by atoms with Gasteiger partial charge in [0.05, 0.1) is 5.39 Å². The van der Waals surface area contributed by atoms with Crippen LogP contribution in [0.1, 0.15) is 6.42 Å². The fraction of sp³-hybridized carbons (Fsp3) is 0.417. The Hall–Kier alpha value is -1.31. The van der Waals surface area contributed by atoms with E-state index in [1.54, 1.807) is 4.90 Å². The minimum Gasteiger partial charge on any atom is -0.388 e. The molecule has 1 saturated heterocycles. The van der Waals surface area contributed by atoms with Crippen LogP contribution in [0, 0.1) is 5.82 Å². The van der Waals surface area contributed by atoms with E-state index in [0.29, 0.717) is 17.7 Å². The number of anilines is 1. The van der Waals surface area contributed by atoms with Gasteiger partial charge in [0.2, 0.25) is 5.28 Å². The normalized spacial score (nSPS) is 22.8. The molecule has 5 nitrogen and oxygen atoms in total. The van der Waals surface area contributed by atoms with Crippen LogP contribution in [0.5, 0.6) is 0 Å². The molecule has 1 aliphatic rings. The first-order chi connectivity index (χ1) is 9.97. The first kappa shape index (κ1) is 14.6. The zero-order chi connectivity index (χ0) is 15.1. The molecule has 2 aromatic rings. The van der Waals surface area contributed by atoms with E-state index in [1.807, 2.05) is 0 Å². The van der Waals surface area contributed by atoms with Crippen LogP contribution in [0.2, 0.25) is 10.4 Å². The Morgan fingerprint density at radius 2 is 2.10 bits per heavy atom. The zero-order valence-electron chi connectivity index (χ0n) is 10.6. The summed E-state index contributed by atoms with van der Waals surface area (Å²) in [7, 11) is 0. The van der Waals surface area contributed by atoms with Crippen molar-refractivity contribution in [1.82, 2.24) is 15.0 Å². The minimum absolute atomic E-state index is 0.0356. The average Bonchev–Trinajstić information content (AvgIpc) is 2.45. The molecule has 112 valence electrons. The van der Waals surface area contributed by atoms with E-state index in [1.165, 1.54) is 6.20 Å². The fourth-order valence-corrected chi connectivity index (χ4v) is 2.63. The number of aliphatic hydroxyl groups is 1. The fourth-order valence-electron chi connectivity index (χ4n) is 2.33. The Morgan fingerprint density at radius 3 is 2.81 bits per heavy atom. The van der Waals surface area contributed by atoms with E-state index < -0.39 is 18.1 Å². The molecular formula is C12H10Cl2F2N4O. The summed E-state index contributed by atoms with van der Waals surface area (Å²) in [5, 5.41) is 9.49. The number of halogens is 4. The quantitative estimate of drug-likeness (QED) is 0.640. The summed E-state index contributed by atoms with van der Waals surface area (Å²) in [6.07, 6.45) is -0.935. The molecule has 0 saturated carbocycles. The van der Waals surface area contributed by atoms with E-state index in [9.17, 15) is 13.9 Å². The lowest BCUT2D eigenvalue weighted by molar-refractivity contribution is 0.0643. The van der Waals surface area contributed by atoms with E-state index in [4.69, 9.17) is 23.2 Å². The molecule has 3 heterocycles. The summed E-state index contributed by atoms with van der Waals surface area (Å²) < 4.78 is 27.3. The third-order valence-electron chi connectivity index (χ3n) is 3.39. The molecule has 9 heteroatoms. The maximum absolute atomic E-state index is 14.0. The van der Waals surface area contributed by atoms with Crippen molar-refractivity contribution >= 4 is 39.9 Å². The predicted octanol–water partition coefficient (Wildman–Crippen LogP) is 2.38. The number of β-amino-alcohol motifs (C(OH)–C–C–N with tert-alkyl or cyclic N) is 1. The number of hydrogen-bond acceptors (Lipinski definition) is 5. The molecule has 0 bridgehead atoms. The summed E-state index contributed by atoms with van der Waals surface area (Å²) in [5.41, 5.74) is -0.0538. The smallest absolute Gasteiger partial charge is 0.225 e. The summed E-state index contributed by atoms with van der Waals surface area (Å²) in [6, 6.07) is 0. The standard InChI is InChI=1S/C12H10Cl2F2N4O/c13-10-8(16)9-5(3-17-10)11(19-12(14)18-9)20-2-1-6(15)7(21)4-20/h3,6-7,21H,1-2,4H2. The van der Waals surface area contributed by atoms with Crippen LogP contribution in [0.25, 0.3) is 10.9 Å². The highest BCUT2D eigenvalue weighted by atomic mass is 35.5. The van der Waals surface area contributed by atoms with Crippen molar-refractivity contribution in [2.75, 3.05) is 18.0 Å². The molecule has 2 unspecified atom stereocenters. The lowest BCUT2D eigenvalue weighted by atomic mass is 10.1. The molecule has 2 atom stereocenters. The van der Waals surface area contributed by atoms with Gasteiger partial charge in [0.25, 0.3) is 0 Å². The van der Waals surface area contributed by atoms with Gasteiger partial charge in [0, 0.05) is 19.3 Å². The second-order valence-corrected chi connectivity index (χ2v) is 5.46. The van der Waals surface area contributed by atoms with Crippen LogP contribution >= 0.6 is 23.2 Å². The first-order valence-corrected chi connectivity index (χ1v) is 6.97. The Bertz CT molecular complexity index is 703. The monoisotopic (exact) mass is 334 g/mol. The minimum atomic E-state index is -1.28. The van der Waals surface area contributed by atoms with Crippen molar-refractivity contribution in [2.45, 2.75) is 18.7 Å². The molecule has 2 aromatic heterocycles. The molecule has 0 aromatic carbocycles. The van der Waals surface area contributed by atoms with Crippen LogP contribution in [0.3, 0.4) is 0 Å². The highest BCUT2D eigenvalue weighted by Gasteiger charge is 2.29. The highest BCUT2D eigenvalue weighted by Crippen LogP contribution is 2.30. The first-order valence-electron chi connectivity index (χ1n) is 6.21. The van der Waals surface area contributed by atoms with Gasteiger partial charge in [-0.3, -0.25) is 0 Å². The second kappa shape index (κ2) is 5.47. The van der Waals surface area contributed by atoms with Gasteiger partial charge in [-0.2, -0.15) is 4.98 Å². The largest absolute Gasteiger partial charge is 0.388 e. The van der Waals surface area contributed by atoms with Gasteiger partial charge >= 0.3 is 0 Å². The van der Waals surface area contributed by atoms with E-state index >= 15 is 0 Å². The van der Waals surface area contributed by atoms with E-state index in [-0.39, 0.29) is 28.9 Å². The number of aliphatic hydroxyl groups excluding tert-OH is 1. The molecule has 1 fully saturated rings. The van der Waals surface area contributed by atoms with Gasteiger partial charge in [0.1, 0.15) is 23.6 Å². The second-order valence-electron chi connectivity index (χ2n) is 4.76. The molecule has 0 spiro atoms. The summed E-state index contributed by atoms with van der Waals surface area (Å²) in [5.74, 6) is -0.486. The topological polar surface area (TPSA) is 62.1 Å². The highest BCUT2D eigenvalue weighted by molar-refractivity contribution is 6.30. The molecule has 0 amide bonds. The number of hydrogen-bond donors (Lipinski definition) is 1. The zero-order valence-corrected chi connectivity index (χ0v) is 12.1. The van der Waals surface area contributed by atoms with Crippen LogP contribution in [0.4, 0.5) is 14.6 Å². The molecule has 0 radical (unpaired) electrons. The molecule has 0 aliphatic carbocycles. The molecule has 21 heavy (non-hydrogen) atoms. The molecule has 1 aliphatic heterocycles. The van der Waals surface area contributed by atoms with Gasteiger partial charge < -0.3 is 10.0 Å². The number of fused-ring (bicyclic) bond motifs is 1. The van der Waals surface area contributed by atoms with Crippen LogP contribution < -0.4 is 4.90 Å². The number of aromatic nitrogens is 3. The number of nitrogens with zero attached hydrogens (tertiary/aromatic N) is 4. The summed E-state index contributed by atoms with van der Waals surface area (Å²) in [6.45, 7) is 0.360. The van der Waals surface area contributed by atoms with Crippen molar-refractivity contribution in [1.29, 1.82) is 0 Å². The third-order valence-corrected chi connectivity index (χ3v) is 3.83.